The zero-order chi connectivity index (χ0) is 15.4. The van der Waals surface area contributed by atoms with Crippen molar-refractivity contribution in [2.75, 3.05) is 10.6 Å². The highest BCUT2D eigenvalue weighted by Crippen LogP contribution is 2.12. The maximum absolute atomic E-state index is 11.9. The Labute approximate surface area is 128 Å². The molecule has 0 atom stereocenters. The average Bonchev–Trinajstić information content (AvgIpc) is 2.99. The number of rotatable bonds is 3. The monoisotopic (exact) mass is 292 g/mol. The number of urea groups is 1. The van der Waals surface area contributed by atoms with E-state index < -0.39 is 0 Å². The summed E-state index contributed by atoms with van der Waals surface area (Å²) in [5, 5.41) is 5.48. The molecule has 0 fully saturated rings. The lowest BCUT2D eigenvalue weighted by atomic mass is 10.2. The average molecular weight is 292 g/mol. The van der Waals surface area contributed by atoms with E-state index >= 15 is 0 Å². The molecule has 0 aliphatic carbocycles. The van der Waals surface area contributed by atoms with E-state index in [1.807, 2.05) is 66.1 Å². The molecule has 0 unspecified atom stereocenters. The van der Waals surface area contributed by atoms with E-state index in [1.165, 1.54) is 0 Å². The summed E-state index contributed by atoms with van der Waals surface area (Å²) in [6.45, 7) is 2.00. The van der Waals surface area contributed by atoms with Gasteiger partial charge in [-0.25, -0.2) is 9.78 Å². The second-order valence-corrected chi connectivity index (χ2v) is 4.95. The van der Waals surface area contributed by atoms with Gasteiger partial charge in [-0.3, -0.25) is 5.32 Å². The smallest absolute Gasteiger partial charge is 0.308 e. The Hall–Kier alpha value is -3.08. The fraction of sp³-hybridized carbons (Fsp3) is 0.0588. The molecule has 0 saturated heterocycles. The molecule has 0 spiro atoms. The Kier molecular flexibility index (Phi) is 3.87. The molecule has 22 heavy (non-hydrogen) atoms. The van der Waals surface area contributed by atoms with Gasteiger partial charge >= 0.3 is 6.03 Å². The highest BCUT2D eigenvalue weighted by Gasteiger charge is 2.05. The van der Waals surface area contributed by atoms with Gasteiger partial charge in [-0.15, -0.1) is 0 Å². The Morgan fingerprint density at radius 1 is 1.00 bits per heavy atom. The summed E-state index contributed by atoms with van der Waals surface area (Å²) in [5.41, 5.74) is 2.88. The van der Waals surface area contributed by atoms with Crippen LogP contribution in [0.25, 0.3) is 5.69 Å². The van der Waals surface area contributed by atoms with E-state index in [-0.39, 0.29) is 6.03 Å². The molecule has 2 N–H and O–H groups in total. The lowest BCUT2D eigenvalue weighted by Gasteiger charge is -2.05. The van der Waals surface area contributed by atoms with Crippen LogP contribution in [-0.4, -0.2) is 15.6 Å². The van der Waals surface area contributed by atoms with Crippen molar-refractivity contribution in [1.29, 1.82) is 0 Å². The quantitative estimate of drug-likeness (QED) is 0.771. The molecule has 1 aromatic heterocycles. The Bertz CT molecular complexity index is 763. The van der Waals surface area contributed by atoms with Gasteiger partial charge in [0.15, 0.2) is 5.82 Å². The molecule has 0 aliphatic heterocycles. The molecule has 110 valence electrons. The molecule has 0 aliphatic rings. The van der Waals surface area contributed by atoms with E-state index in [0.29, 0.717) is 5.82 Å². The Morgan fingerprint density at radius 3 is 2.45 bits per heavy atom. The number of hydrogen-bond donors (Lipinski definition) is 2. The molecule has 0 radical (unpaired) electrons. The van der Waals surface area contributed by atoms with Gasteiger partial charge in [0.1, 0.15) is 6.33 Å². The van der Waals surface area contributed by atoms with Crippen LogP contribution in [0.2, 0.25) is 0 Å². The first-order valence-corrected chi connectivity index (χ1v) is 6.95. The number of aromatic nitrogens is 2. The van der Waals surface area contributed by atoms with Crippen LogP contribution in [0.4, 0.5) is 16.3 Å². The number of imidazole rings is 1. The zero-order valence-corrected chi connectivity index (χ0v) is 12.2. The van der Waals surface area contributed by atoms with Crippen LogP contribution in [0.1, 0.15) is 5.56 Å². The predicted molar refractivity (Wildman–Crippen MR) is 87.4 cm³/mol. The molecule has 5 nitrogen and oxygen atoms in total. The number of anilines is 2. The van der Waals surface area contributed by atoms with Crippen molar-refractivity contribution < 1.29 is 4.79 Å². The summed E-state index contributed by atoms with van der Waals surface area (Å²) in [7, 11) is 0. The number of hydrogen-bond acceptors (Lipinski definition) is 2. The number of carbonyl (C=O) groups excluding carboxylic acids is 1. The number of amides is 2. The van der Waals surface area contributed by atoms with E-state index in [9.17, 15) is 4.79 Å². The molecule has 1 heterocycles. The largest absolute Gasteiger partial charge is 0.324 e. The maximum atomic E-state index is 11.9. The number of aryl methyl sites for hydroxylation is 1. The van der Waals surface area contributed by atoms with E-state index in [0.717, 1.165) is 16.9 Å². The summed E-state index contributed by atoms with van der Waals surface area (Å²) < 4.78 is 1.85. The molecule has 2 amide bonds. The second kappa shape index (κ2) is 6.13. The first-order valence-electron chi connectivity index (χ1n) is 6.95. The summed E-state index contributed by atoms with van der Waals surface area (Å²) in [4.78, 5) is 16.1. The number of benzene rings is 2. The zero-order valence-electron chi connectivity index (χ0n) is 12.2. The van der Waals surface area contributed by atoms with Crippen LogP contribution < -0.4 is 10.6 Å². The fourth-order valence-corrected chi connectivity index (χ4v) is 2.04. The molecule has 0 saturated carbocycles. The standard InChI is InChI=1S/C17H16N4O/c1-13-7-9-14(10-8-13)19-17(22)20-16-11-21(12-18-16)15-5-3-2-4-6-15/h2-12H,1H3,(H2,19,20,22). The third kappa shape index (κ3) is 3.32. The van der Waals surface area contributed by atoms with Gasteiger partial charge in [-0.2, -0.15) is 0 Å². The van der Waals surface area contributed by atoms with E-state index in [2.05, 4.69) is 15.6 Å². The number of carbonyl (C=O) groups is 1. The van der Waals surface area contributed by atoms with Gasteiger partial charge in [-0.1, -0.05) is 35.9 Å². The number of para-hydroxylation sites is 1. The summed E-state index contributed by atoms with van der Waals surface area (Å²) in [6, 6.07) is 17.1. The Morgan fingerprint density at radius 2 is 1.73 bits per heavy atom. The van der Waals surface area contributed by atoms with Crippen LogP contribution in [0, 0.1) is 6.92 Å². The van der Waals surface area contributed by atoms with Crippen molar-refractivity contribution >= 4 is 17.5 Å². The first kappa shape index (κ1) is 13.9. The third-order valence-electron chi connectivity index (χ3n) is 3.19. The first-order chi connectivity index (χ1) is 10.7. The summed E-state index contributed by atoms with van der Waals surface area (Å²) in [6.07, 6.45) is 3.43. The van der Waals surface area contributed by atoms with Gasteiger partial charge in [0.25, 0.3) is 0 Å². The van der Waals surface area contributed by atoms with Crippen molar-refractivity contribution in [3.8, 4) is 5.69 Å². The van der Waals surface area contributed by atoms with Gasteiger partial charge < -0.3 is 9.88 Å². The van der Waals surface area contributed by atoms with Crippen LogP contribution >= 0.6 is 0 Å². The van der Waals surface area contributed by atoms with Crippen LogP contribution in [0.5, 0.6) is 0 Å². The summed E-state index contributed by atoms with van der Waals surface area (Å²) >= 11 is 0. The molecular formula is C17H16N4O. The lowest BCUT2D eigenvalue weighted by Crippen LogP contribution is -2.19. The van der Waals surface area contributed by atoms with E-state index in [1.54, 1.807) is 12.5 Å². The van der Waals surface area contributed by atoms with Crippen LogP contribution in [-0.2, 0) is 0 Å². The molecule has 2 aromatic carbocycles. The summed E-state index contributed by atoms with van der Waals surface area (Å²) in [5.74, 6) is 0.494. The minimum atomic E-state index is -0.317. The minimum Gasteiger partial charge on any atom is -0.308 e. The Balaban J connectivity index is 1.65. The molecule has 0 bridgehead atoms. The number of nitrogens with one attached hydrogen (secondary N) is 2. The normalized spacial score (nSPS) is 10.2. The van der Waals surface area contributed by atoms with Gasteiger partial charge in [0, 0.05) is 11.4 Å². The maximum Gasteiger partial charge on any atom is 0.324 e. The van der Waals surface area contributed by atoms with Crippen molar-refractivity contribution in [2.45, 2.75) is 6.92 Å². The minimum absolute atomic E-state index is 0.317. The highest BCUT2D eigenvalue weighted by molar-refractivity contribution is 5.99. The fourth-order valence-electron chi connectivity index (χ4n) is 2.04. The van der Waals surface area contributed by atoms with Crippen molar-refractivity contribution in [1.82, 2.24) is 9.55 Å². The van der Waals surface area contributed by atoms with Crippen molar-refractivity contribution in [3.05, 3.63) is 72.7 Å². The molecule has 5 heteroatoms. The highest BCUT2D eigenvalue weighted by atomic mass is 16.2. The topological polar surface area (TPSA) is 59.0 Å². The lowest BCUT2D eigenvalue weighted by molar-refractivity contribution is 0.262. The number of nitrogens with zero attached hydrogens (tertiary/aromatic N) is 2. The van der Waals surface area contributed by atoms with E-state index in [4.69, 9.17) is 0 Å². The van der Waals surface area contributed by atoms with Crippen LogP contribution in [0.3, 0.4) is 0 Å². The van der Waals surface area contributed by atoms with Crippen molar-refractivity contribution in [2.24, 2.45) is 0 Å². The van der Waals surface area contributed by atoms with Gasteiger partial charge in [0.05, 0.1) is 6.20 Å². The van der Waals surface area contributed by atoms with Crippen LogP contribution in [0.15, 0.2) is 67.1 Å². The SMILES string of the molecule is Cc1ccc(NC(=O)Nc2cn(-c3ccccc3)cn2)cc1. The van der Waals surface area contributed by atoms with Crippen molar-refractivity contribution in [3.63, 3.8) is 0 Å². The second-order valence-electron chi connectivity index (χ2n) is 4.95. The third-order valence-corrected chi connectivity index (χ3v) is 3.19. The molecule has 3 rings (SSSR count). The molecular weight excluding hydrogens is 276 g/mol. The predicted octanol–water partition coefficient (Wildman–Crippen LogP) is 3.82. The molecule has 3 aromatic rings. The van der Waals surface area contributed by atoms with Gasteiger partial charge in [0.2, 0.25) is 0 Å². The van der Waals surface area contributed by atoms with Gasteiger partial charge in [-0.05, 0) is 31.2 Å².